The molecule has 1 aromatic heterocycles. The van der Waals surface area contributed by atoms with E-state index in [-0.39, 0.29) is 6.61 Å². The van der Waals surface area contributed by atoms with Gasteiger partial charge in [0.2, 0.25) is 0 Å². The van der Waals surface area contributed by atoms with E-state index in [0.717, 1.165) is 13.0 Å². The van der Waals surface area contributed by atoms with Crippen molar-refractivity contribution < 1.29 is 9.52 Å². The lowest BCUT2D eigenvalue weighted by molar-refractivity contribution is 0.276. The van der Waals surface area contributed by atoms with Gasteiger partial charge in [-0.2, -0.15) is 4.98 Å². The molecule has 1 rings (SSSR count). The largest absolute Gasteiger partial charge is 0.432 e. The highest BCUT2D eigenvalue weighted by Gasteiger charge is 2.07. The molecule has 0 radical (unpaired) electrons. The molecule has 0 aliphatic heterocycles. The fraction of sp³-hybridized carbons (Fsp3) is 0.700. The zero-order valence-corrected chi connectivity index (χ0v) is 8.86. The standard InChI is InChI=1S/C10H18N2O2/c1-3-4-5-6-12(2)10-11-9(7-13)8-14-10/h8,13H,3-7H2,1-2H3. The van der Waals surface area contributed by atoms with Gasteiger partial charge < -0.3 is 14.4 Å². The zero-order valence-electron chi connectivity index (χ0n) is 8.86. The van der Waals surface area contributed by atoms with Crippen molar-refractivity contribution in [3.05, 3.63) is 12.0 Å². The average Bonchev–Trinajstić information content (AvgIpc) is 2.66. The number of rotatable bonds is 6. The summed E-state index contributed by atoms with van der Waals surface area (Å²) in [6, 6.07) is 0.588. The molecule has 0 aromatic carbocycles. The second-order valence-electron chi connectivity index (χ2n) is 3.41. The molecule has 0 saturated carbocycles. The van der Waals surface area contributed by atoms with Gasteiger partial charge in [-0.05, 0) is 6.42 Å². The Hall–Kier alpha value is -1.03. The summed E-state index contributed by atoms with van der Waals surface area (Å²) < 4.78 is 5.20. The van der Waals surface area contributed by atoms with E-state index in [1.54, 1.807) is 0 Å². The molecule has 4 heteroatoms. The molecule has 0 bridgehead atoms. The summed E-state index contributed by atoms with van der Waals surface area (Å²) >= 11 is 0. The summed E-state index contributed by atoms with van der Waals surface area (Å²) in [5.74, 6) is 0. The van der Waals surface area contributed by atoms with Crippen molar-refractivity contribution in [2.24, 2.45) is 0 Å². The van der Waals surface area contributed by atoms with E-state index in [2.05, 4.69) is 11.9 Å². The molecule has 0 aliphatic rings. The number of aromatic nitrogens is 1. The third-order valence-electron chi connectivity index (χ3n) is 2.13. The van der Waals surface area contributed by atoms with Crippen LogP contribution in [0, 0.1) is 0 Å². The molecule has 0 saturated heterocycles. The van der Waals surface area contributed by atoms with Gasteiger partial charge in [0.25, 0.3) is 6.01 Å². The van der Waals surface area contributed by atoms with E-state index in [0.29, 0.717) is 11.7 Å². The molecule has 14 heavy (non-hydrogen) atoms. The molecule has 4 nitrogen and oxygen atoms in total. The highest BCUT2D eigenvalue weighted by Crippen LogP contribution is 2.12. The molecule has 1 heterocycles. The number of nitrogens with zero attached hydrogens (tertiary/aromatic N) is 2. The number of oxazole rings is 1. The molecule has 0 spiro atoms. The maximum atomic E-state index is 8.81. The van der Waals surface area contributed by atoms with E-state index in [9.17, 15) is 0 Å². The molecular formula is C10H18N2O2. The topological polar surface area (TPSA) is 49.5 Å². The molecular weight excluding hydrogens is 180 g/mol. The number of aliphatic hydroxyl groups excluding tert-OH is 1. The summed E-state index contributed by atoms with van der Waals surface area (Å²) in [6.07, 6.45) is 5.06. The summed E-state index contributed by atoms with van der Waals surface area (Å²) in [6.45, 7) is 3.06. The molecule has 0 amide bonds. The van der Waals surface area contributed by atoms with Crippen LogP contribution in [0.1, 0.15) is 31.9 Å². The van der Waals surface area contributed by atoms with Crippen LogP contribution in [0.15, 0.2) is 10.7 Å². The van der Waals surface area contributed by atoms with Crippen molar-refractivity contribution in [2.45, 2.75) is 32.8 Å². The minimum Gasteiger partial charge on any atom is -0.432 e. The number of hydrogen-bond donors (Lipinski definition) is 1. The highest BCUT2D eigenvalue weighted by molar-refractivity contribution is 5.24. The van der Waals surface area contributed by atoms with Crippen molar-refractivity contribution >= 4 is 6.01 Å². The Labute approximate surface area is 84.6 Å². The number of hydrogen-bond acceptors (Lipinski definition) is 4. The van der Waals surface area contributed by atoms with Gasteiger partial charge in [0.15, 0.2) is 0 Å². The fourth-order valence-corrected chi connectivity index (χ4v) is 1.24. The fourth-order valence-electron chi connectivity index (χ4n) is 1.24. The van der Waals surface area contributed by atoms with Gasteiger partial charge in [-0.1, -0.05) is 19.8 Å². The highest BCUT2D eigenvalue weighted by atomic mass is 16.4. The Balaban J connectivity index is 2.39. The van der Waals surface area contributed by atoms with Crippen molar-refractivity contribution in [1.82, 2.24) is 4.98 Å². The second-order valence-corrected chi connectivity index (χ2v) is 3.41. The predicted molar refractivity (Wildman–Crippen MR) is 55.2 cm³/mol. The Morgan fingerprint density at radius 2 is 2.29 bits per heavy atom. The van der Waals surface area contributed by atoms with E-state index in [1.807, 2.05) is 11.9 Å². The Kier molecular flexibility index (Phi) is 4.46. The van der Waals surface area contributed by atoms with Gasteiger partial charge in [-0.15, -0.1) is 0 Å². The normalized spacial score (nSPS) is 10.5. The summed E-state index contributed by atoms with van der Waals surface area (Å²) in [7, 11) is 1.95. The third-order valence-corrected chi connectivity index (χ3v) is 2.13. The monoisotopic (exact) mass is 198 g/mol. The Morgan fingerprint density at radius 3 is 2.86 bits per heavy atom. The third kappa shape index (κ3) is 3.03. The maximum Gasteiger partial charge on any atom is 0.297 e. The van der Waals surface area contributed by atoms with Gasteiger partial charge in [-0.25, -0.2) is 0 Å². The summed E-state index contributed by atoms with van der Waals surface area (Å²) in [5, 5.41) is 8.81. The SMILES string of the molecule is CCCCCN(C)c1nc(CO)co1. The van der Waals surface area contributed by atoms with Gasteiger partial charge in [-0.3, -0.25) is 0 Å². The lowest BCUT2D eigenvalue weighted by Gasteiger charge is -2.13. The number of anilines is 1. The smallest absolute Gasteiger partial charge is 0.297 e. The second kappa shape index (κ2) is 5.65. The van der Waals surface area contributed by atoms with Crippen molar-refractivity contribution in [3.8, 4) is 0 Å². The van der Waals surface area contributed by atoms with Crippen molar-refractivity contribution in [3.63, 3.8) is 0 Å². The lowest BCUT2D eigenvalue weighted by Crippen LogP contribution is -2.18. The first kappa shape index (κ1) is 11.0. The molecule has 1 N–H and O–H groups in total. The minimum absolute atomic E-state index is 0.0632. The first-order valence-electron chi connectivity index (χ1n) is 5.04. The molecule has 80 valence electrons. The van der Waals surface area contributed by atoms with Crippen LogP contribution in [0.5, 0.6) is 0 Å². The van der Waals surface area contributed by atoms with Crippen LogP contribution in [0.25, 0.3) is 0 Å². The van der Waals surface area contributed by atoms with Crippen LogP contribution in [0.3, 0.4) is 0 Å². The van der Waals surface area contributed by atoms with Crippen LogP contribution in [-0.4, -0.2) is 23.7 Å². The average molecular weight is 198 g/mol. The van der Waals surface area contributed by atoms with E-state index >= 15 is 0 Å². The van der Waals surface area contributed by atoms with Gasteiger partial charge >= 0.3 is 0 Å². The summed E-state index contributed by atoms with van der Waals surface area (Å²) in [5.41, 5.74) is 0.586. The van der Waals surface area contributed by atoms with Crippen LogP contribution in [0.4, 0.5) is 6.01 Å². The molecule has 0 atom stereocenters. The van der Waals surface area contributed by atoms with Crippen LogP contribution < -0.4 is 4.90 Å². The minimum atomic E-state index is -0.0632. The van der Waals surface area contributed by atoms with Gasteiger partial charge in [0.1, 0.15) is 12.0 Å². The quantitative estimate of drug-likeness (QED) is 0.708. The number of aliphatic hydroxyl groups is 1. The van der Waals surface area contributed by atoms with Crippen LogP contribution in [0.2, 0.25) is 0 Å². The first-order valence-corrected chi connectivity index (χ1v) is 5.04. The van der Waals surface area contributed by atoms with Gasteiger partial charge in [0.05, 0.1) is 6.61 Å². The lowest BCUT2D eigenvalue weighted by atomic mass is 10.2. The Bertz CT molecular complexity index is 260. The maximum absolute atomic E-state index is 8.81. The summed E-state index contributed by atoms with van der Waals surface area (Å²) in [4.78, 5) is 6.08. The molecule has 0 unspecified atom stereocenters. The predicted octanol–water partition coefficient (Wildman–Crippen LogP) is 1.79. The van der Waals surface area contributed by atoms with E-state index < -0.39 is 0 Å². The van der Waals surface area contributed by atoms with Crippen LogP contribution in [-0.2, 0) is 6.61 Å². The van der Waals surface area contributed by atoms with E-state index in [4.69, 9.17) is 9.52 Å². The van der Waals surface area contributed by atoms with Gasteiger partial charge in [0, 0.05) is 13.6 Å². The molecule has 1 aromatic rings. The van der Waals surface area contributed by atoms with Crippen molar-refractivity contribution in [1.29, 1.82) is 0 Å². The Morgan fingerprint density at radius 1 is 1.50 bits per heavy atom. The zero-order chi connectivity index (χ0) is 10.4. The van der Waals surface area contributed by atoms with Crippen molar-refractivity contribution in [2.75, 3.05) is 18.5 Å². The number of unbranched alkanes of at least 4 members (excludes halogenated alkanes) is 2. The van der Waals surface area contributed by atoms with E-state index in [1.165, 1.54) is 19.1 Å². The first-order chi connectivity index (χ1) is 6.77. The molecule has 0 fully saturated rings. The molecule has 0 aliphatic carbocycles. The van der Waals surface area contributed by atoms with Crippen LogP contribution >= 0.6 is 0 Å².